The van der Waals surface area contributed by atoms with Crippen LogP contribution in [0.25, 0.3) is 0 Å². The van der Waals surface area contributed by atoms with E-state index in [0.29, 0.717) is 0 Å². The fourth-order valence-electron chi connectivity index (χ4n) is 5.51. The number of unbranched alkanes of at least 4 members (excludes halogenated alkanes) is 3. The molecule has 0 aromatic carbocycles. The van der Waals surface area contributed by atoms with Crippen molar-refractivity contribution in [2.45, 2.75) is 183 Å². The van der Waals surface area contributed by atoms with Crippen molar-refractivity contribution in [3.05, 3.63) is 34.5 Å². The summed E-state index contributed by atoms with van der Waals surface area (Å²) < 4.78 is 27.5. The topological polar surface area (TPSA) is 31.0 Å². The minimum absolute atomic E-state index is 0.0148. The maximum absolute atomic E-state index is 7.04. The van der Waals surface area contributed by atoms with Crippen LogP contribution in [0, 0.1) is 5.41 Å². The van der Waals surface area contributed by atoms with Gasteiger partial charge in [-0.05, 0) is 25.1 Å². The fraction of sp³-hybridized carbons (Fsp3) is 0.833. The molecule has 0 aromatic rings. The van der Waals surface area contributed by atoms with Gasteiger partial charge in [0, 0.05) is 0 Å². The first-order valence-corrected chi connectivity index (χ1v) is 31.4. The molecule has 0 radical (unpaired) electrons. The van der Waals surface area contributed by atoms with E-state index in [1.165, 1.54) is 51.8 Å². The summed E-state index contributed by atoms with van der Waals surface area (Å²) in [6.45, 7) is 32.5. The third-order valence-corrected chi connectivity index (χ3v) is 29.2. The summed E-state index contributed by atoms with van der Waals surface area (Å²) in [4.78, 5) is 0. The number of hydrogen-bond acceptors (Lipinski definition) is 3. The van der Waals surface area contributed by atoms with E-state index in [-0.39, 0.29) is 34.9 Å². The second kappa shape index (κ2) is 17.9. The van der Waals surface area contributed by atoms with Crippen molar-refractivity contribution < 1.29 is 13.6 Å². The number of allylic oxidation sites excluding steroid dienone is 1. The van der Waals surface area contributed by atoms with E-state index in [0.717, 1.165) is 6.42 Å². The molecule has 0 aromatic heterocycles. The molecular weight excluding hydrogens is 655 g/mol. The molecule has 6 heteroatoms. The number of hydrogen-bond donors (Lipinski definition) is 0. The van der Waals surface area contributed by atoms with Crippen LogP contribution in [0.5, 0.6) is 0 Å². The van der Waals surface area contributed by atoms with Gasteiger partial charge in [-0.25, -0.2) is 0 Å². The molecule has 246 valence electrons. The van der Waals surface area contributed by atoms with Crippen molar-refractivity contribution in [3.63, 3.8) is 0 Å². The zero-order chi connectivity index (χ0) is 32.2. The second-order valence-electron chi connectivity index (χ2n) is 16.1. The van der Waals surface area contributed by atoms with Crippen molar-refractivity contribution in [2.24, 2.45) is 5.41 Å². The Bertz CT molecular complexity index is 829. The second-order valence-corrected chi connectivity index (χ2v) is 38.4. The summed E-state index contributed by atoms with van der Waals surface area (Å²) in [7, 11) is -3.73. The fourth-order valence-corrected chi connectivity index (χ4v) is 22.5. The molecule has 1 fully saturated rings. The van der Waals surface area contributed by atoms with Crippen LogP contribution >= 0.6 is 0 Å². The van der Waals surface area contributed by atoms with Crippen LogP contribution in [0.3, 0.4) is 0 Å². The third-order valence-electron chi connectivity index (χ3n) is 9.62. The number of epoxide rings is 1. The van der Waals surface area contributed by atoms with Gasteiger partial charge in [0.1, 0.15) is 0 Å². The summed E-state index contributed by atoms with van der Waals surface area (Å²) in [6, 6.07) is 0. The Hall–Kier alpha value is 0.332. The Morgan fingerprint density at radius 3 is 1.71 bits per heavy atom. The van der Waals surface area contributed by atoms with Crippen LogP contribution in [-0.2, 0) is 13.6 Å². The zero-order valence-corrected chi connectivity index (χ0v) is 35.4. The van der Waals surface area contributed by atoms with Crippen LogP contribution in [0.1, 0.15) is 107 Å². The molecule has 2 unspecified atom stereocenters. The van der Waals surface area contributed by atoms with Gasteiger partial charge in [-0.2, -0.15) is 0 Å². The Balaban J connectivity index is 3.08. The van der Waals surface area contributed by atoms with Crippen LogP contribution in [0.15, 0.2) is 34.5 Å². The van der Waals surface area contributed by atoms with Crippen LogP contribution in [0.4, 0.5) is 0 Å². The van der Waals surface area contributed by atoms with E-state index < -0.39 is 35.0 Å². The number of ether oxygens (including phenoxy) is 1. The normalized spacial score (nSPS) is 20.7. The molecule has 4 atom stereocenters. The SMILES string of the molecule is C/C=C/C(O[Si](C)(C)C(C)(C)C)C(C)(C)C(C/C=C\[C@H]1O[C@H]1/C=[CH]/[Sn]([CH2]CCC)([CH2]CCC)[CH2]CCC)O[Si](C)(C)C. The van der Waals surface area contributed by atoms with Crippen LogP contribution in [0.2, 0.25) is 51.1 Å². The average molecular weight is 728 g/mol. The van der Waals surface area contributed by atoms with Gasteiger partial charge in [-0.3, -0.25) is 0 Å². The van der Waals surface area contributed by atoms with Crippen LogP contribution < -0.4 is 0 Å². The molecule has 1 saturated heterocycles. The minimum atomic E-state index is -2.27. The standard InChI is InChI=1S/C24H45O3Si2.3C4H9.Sn/c1-13-16-21(27-29(11,12)23(3,4)5)24(6,7)22(26-28(8,9)10)18-15-17-20-19(14-2)25-20;3*1-3-4-2;/h2,13-17,19-22H,18H2,1,3-12H3;3*1,3-4H2,2H3;/b14-2?,16-13+,17-15-;;;;/t19-,20+,21?,22?;;;;/m0..../s1. The first kappa shape index (κ1) is 40.4. The van der Waals surface area contributed by atoms with Gasteiger partial charge in [0.25, 0.3) is 0 Å². The average Bonchev–Trinajstić information content (AvgIpc) is 3.63. The Kier molecular flexibility index (Phi) is 17.2. The quantitative estimate of drug-likeness (QED) is 0.0670. The van der Waals surface area contributed by atoms with Gasteiger partial charge < -0.3 is 0 Å². The van der Waals surface area contributed by atoms with Crippen molar-refractivity contribution in [1.82, 2.24) is 0 Å². The van der Waals surface area contributed by atoms with Gasteiger partial charge in [0.15, 0.2) is 0 Å². The molecule has 0 amide bonds. The van der Waals surface area contributed by atoms with Gasteiger partial charge >= 0.3 is 225 Å². The first-order valence-electron chi connectivity index (χ1n) is 17.4. The van der Waals surface area contributed by atoms with E-state index in [1.54, 1.807) is 0 Å². The van der Waals surface area contributed by atoms with E-state index >= 15 is 0 Å². The van der Waals surface area contributed by atoms with Crippen molar-refractivity contribution >= 4 is 35.0 Å². The number of rotatable bonds is 21. The molecule has 1 rings (SSSR count). The van der Waals surface area contributed by atoms with Gasteiger partial charge in [0.2, 0.25) is 0 Å². The van der Waals surface area contributed by atoms with Crippen LogP contribution in [-0.4, -0.2) is 59.4 Å². The van der Waals surface area contributed by atoms with Crippen molar-refractivity contribution in [1.29, 1.82) is 0 Å². The summed E-state index contributed by atoms with van der Waals surface area (Å²) in [6.07, 6.45) is 21.2. The summed E-state index contributed by atoms with van der Waals surface area (Å²) in [5.74, 6) is 0. The van der Waals surface area contributed by atoms with E-state index in [2.05, 4.69) is 130 Å². The molecule has 42 heavy (non-hydrogen) atoms. The predicted molar refractivity (Wildman–Crippen MR) is 195 cm³/mol. The first-order chi connectivity index (χ1) is 19.4. The van der Waals surface area contributed by atoms with Gasteiger partial charge in [-0.1, -0.05) is 20.8 Å². The Morgan fingerprint density at radius 2 is 1.29 bits per heavy atom. The molecule has 0 spiro atoms. The van der Waals surface area contributed by atoms with E-state index in [9.17, 15) is 0 Å². The van der Waals surface area contributed by atoms with Gasteiger partial charge in [0.05, 0.1) is 0 Å². The molecule has 0 saturated carbocycles. The van der Waals surface area contributed by atoms with E-state index in [4.69, 9.17) is 13.6 Å². The molecular formula is C36H72O3Si2Sn. The van der Waals surface area contributed by atoms with Crippen molar-refractivity contribution in [2.75, 3.05) is 0 Å². The molecule has 3 nitrogen and oxygen atoms in total. The molecule has 0 N–H and O–H groups in total. The molecule has 1 aliphatic heterocycles. The zero-order valence-electron chi connectivity index (χ0n) is 30.6. The molecule has 0 bridgehead atoms. The molecule has 0 aliphatic carbocycles. The molecule has 1 aliphatic rings. The van der Waals surface area contributed by atoms with E-state index in [1.807, 2.05) is 0 Å². The van der Waals surface area contributed by atoms with Crippen molar-refractivity contribution in [3.8, 4) is 0 Å². The molecule has 1 heterocycles. The Morgan fingerprint density at radius 1 is 0.786 bits per heavy atom. The third kappa shape index (κ3) is 13.8. The summed E-state index contributed by atoms with van der Waals surface area (Å²) in [5, 5.41) is 0.162. The predicted octanol–water partition coefficient (Wildman–Crippen LogP) is 11.9. The summed E-state index contributed by atoms with van der Waals surface area (Å²) >= 11 is -2.27. The van der Waals surface area contributed by atoms with Gasteiger partial charge in [-0.15, -0.1) is 0 Å². The maximum atomic E-state index is 7.04. The Labute approximate surface area is 269 Å². The monoisotopic (exact) mass is 728 g/mol. The summed E-state index contributed by atoms with van der Waals surface area (Å²) in [5.41, 5.74) is -0.164.